The number of nitrogens with zero attached hydrogens (tertiary/aromatic N) is 3. The molecule has 0 atom stereocenters. The number of hydrogen-bond donors (Lipinski definition) is 0. The van der Waals surface area contributed by atoms with Crippen molar-refractivity contribution in [3.63, 3.8) is 0 Å². The summed E-state index contributed by atoms with van der Waals surface area (Å²) in [5.41, 5.74) is 1.88. The lowest BCUT2D eigenvalue weighted by Crippen LogP contribution is -1.83. The molecule has 2 heterocycles. The Kier molecular flexibility index (Phi) is 1.54. The van der Waals surface area contributed by atoms with Crippen molar-refractivity contribution < 1.29 is 0 Å². The van der Waals surface area contributed by atoms with E-state index in [-0.39, 0.29) is 0 Å². The van der Waals surface area contributed by atoms with Gasteiger partial charge in [-0.2, -0.15) is 0 Å². The van der Waals surface area contributed by atoms with Crippen LogP contribution in [0.15, 0.2) is 24.7 Å². The number of hydrogen-bond acceptors (Lipinski definition) is 3. The first-order valence-electron chi connectivity index (χ1n) is 3.24. The minimum absolute atomic E-state index is 0.931. The van der Waals surface area contributed by atoms with Gasteiger partial charge >= 0.3 is 0 Å². The Bertz CT molecular complexity index is 368. The molecule has 0 saturated carbocycles. The summed E-state index contributed by atoms with van der Waals surface area (Å²) < 4.78 is 1.94. The van der Waals surface area contributed by atoms with Crippen LogP contribution in [0, 0.1) is 0 Å². The Morgan fingerprint density at radius 3 is 3.18 bits per heavy atom. The molecule has 4 heteroatoms. The van der Waals surface area contributed by atoms with Gasteiger partial charge in [0.05, 0.1) is 0 Å². The lowest BCUT2D eigenvalue weighted by Gasteiger charge is -1.93. The van der Waals surface area contributed by atoms with Crippen LogP contribution in [0.5, 0.6) is 0 Å². The second-order valence-corrected chi connectivity index (χ2v) is 2.86. The van der Waals surface area contributed by atoms with Gasteiger partial charge in [0.15, 0.2) is 5.65 Å². The molecule has 0 bridgehead atoms. The molecule has 0 aliphatic carbocycles. The predicted octanol–water partition coefficient (Wildman–Crippen LogP) is 1.56. The summed E-state index contributed by atoms with van der Waals surface area (Å²) in [4.78, 5) is 8.36. The zero-order valence-electron chi connectivity index (χ0n) is 6.06. The van der Waals surface area contributed by atoms with Gasteiger partial charge in [0.25, 0.3) is 0 Å². The number of aromatic nitrogens is 3. The number of pyridine rings is 1. The van der Waals surface area contributed by atoms with E-state index in [4.69, 9.17) is 0 Å². The highest BCUT2D eigenvalue weighted by atomic mass is 32.2. The standard InChI is InChI=1S/C7H7N3S/c1-11-10-5-9-6-3-2-4-8-7(6)10/h2-5H,1H3. The summed E-state index contributed by atoms with van der Waals surface area (Å²) in [6, 6.07) is 3.84. The minimum atomic E-state index is 0.931. The molecule has 0 aliphatic heterocycles. The van der Waals surface area contributed by atoms with Crippen molar-refractivity contribution in [2.24, 2.45) is 0 Å². The SMILES string of the molecule is CSn1cnc2cccnc21. The third-order valence-electron chi connectivity index (χ3n) is 1.47. The Labute approximate surface area is 68.6 Å². The first-order chi connectivity index (χ1) is 5.42. The summed E-state index contributed by atoms with van der Waals surface area (Å²) in [6.45, 7) is 0. The topological polar surface area (TPSA) is 30.7 Å². The second-order valence-electron chi connectivity index (χ2n) is 2.10. The molecular weight excluding hydrogens is 158 g/mol. The van der Waals surface area contributed by atoms with Gasteiger partial charge in [0, 0.05) is 12.5 Å². The predicted molar refractivity (Wildman–Crippen MR) is 46.4 cm³/mol. The maximum absolute atomic E-state index is 4.19. The number of rotatable bonds is 1. The van der Waals surface area contributed by atoms with Crippen molar-refractivity contribution in [3.8, 4) is 0 Å². The van der Waals surface area contributed by atoms with Crippen LogP contribution >= 0.6 is 11.9 Å². The van der Waals surface area contributed by atoms with E-state index in [2.05, 4.69) is 9.97 Å². The van der Waals surface area contributed by atoms with Crippen molar-refractivity contribution in [2.75, 3.05) is 6.26 Å². The maximum Gasteiger partial charge on any atom is 0.170 e. The monoisotopic (exact) mass is 165 g/mol. The smallest absolute Gasteiger partial charge is 0.170 e. The van der Waals surface area contributed by atoms with Crippen molar-refractivity contribution in [2.45, 2.75) is 0 Å². The fraction of sp³-hybridized carbons (Fsp3) is 0.143. The molecule has 0 unspecified atom stereocenters. The molecule has 0 fully saturated rings. The lowest BCUT2D eigenvalue weighted by molar-refractivity contribution is 1.23. The zero-order valence-corrected chi connectivity index (χ0v) is 6.88. The van der Waals surface area contributed by atoms with E-state index in [0.717, 1.165) is 11.2 Å². The third kappa shape index (κ3) is 0.991. The lowest BCUT2D eigenvalue weighted by atomic mass is 10.4. The Morgan fingerprint density at radius 1 is 1.45 bits per heavy atom. The maximum atomic E-state index is 4.19. The van der Waals surface area contributed by atoms with Crippen LogP contribution in [0.2, 0.25) is 0 Å². The van der Waals surface area contributed by atoms with Crippen LogP contribution in [-0.2, 0) is 0 Å². The molecule has 11 heavy (non-hydrogen) atoms. The minimum Gasteiger partial charge on any atom is -0.256 e. The van der Waals surface area contributed by atoms with Gasteiger partial charge < -0.3 is 0 Å². The van der Waals surface area contributed by atoms with Crippen molar-refractivity contribution in [1.82, 2.24) is 13.9 Å². The van der Waals surface area contributed by atoms with Gasteiger partial charge in [-0.25, -0.2) is 9.97 Å². The molecule has 0 aliphatic rings. The molecule has 0 radical (unpaired) electrons. The van der Waals surface area contributed by atoms with Crippen LogP contribution in [0.25, 0.3) is 11.2 Å². The highest BCUT2D eigenvalue weighted by Gasteiger charge is 1.99. The Morgan fingerprint density at radius 2 is 2.36 bits per heavy atom. The van der Waals surface area contributed by atoms with E-state index in [1.165, 1.54) is 0 Å². The van der Waals surface area contributed by atoms with E-state index in [0.29, 0.717) is 0 Å². The van der Waals surface area contributed by atoms with Crippen LogP contribution in [-0.4, -0.2) is 20.2 Å². The average Bonchev–Trinajstić information content (AvgIpc) is 2.47. The second kappa shape index (κ2) is 2.54. The largest absolute Gasteiger partial charge is 0.256 e. The summed E-state index contributed by atoms with van der Waals surface area (Å²) in [5.74, 6) is 0. The molecule has 0 saturated heterocycles. The van der Waals surface area contributed by atoms with Crippen LogP contribution in [0.3, 0.4) is 0 Å². The Hall–Kier alpha value is -1.03. The highest BCUT2D eigenvalue weighted by molar-refractivity contribution is 7.97. The van der Waals surface area contributed by atoms with Crippen LogP contribution in [0.4, 0.5) is 0 Å². The average molecular weight is 165 g/mol. The quantitative estimate of drug-likeness (QED) is 0.642. The Balaban J connectivity index is 2.76. The number of fused-ring (bicyclic) bond motifs is 1. The van der Waals surface area contributed by atoms with Gasteiger partial charge in [0.1, 0.15) is 11.8 Å². The van der Waals surface area contributed by atoms with Crippen molar-refractivity contribution >= 4 is 23.1 Å². The normalized spacial score (nSPS) is 10.6. The van der Waals surface area contributed by atoms with Crippen molar-refractivity contribution in [1.29, 1.82) is 0 Å². The van der Waals surface area contributed by atoms with Gasteiger partial charge in [-0.1, -0.05) is 0 Å². The molecule has 2 rings (SSSR count). The molecule has 0 N–H and O–H groups in total. The first-order valence-corrected chi connectivity index (χ1v) is 4.42. The van der Waals surface area contributed by atoms with E-state index in [9.17, 15) is 0 Å². The van der Waals surface area contributed by atoms with E-state index in [1.54, 1.807) is 24.5 Å². The summed E-state index contributed by atoms with van der Waals surface area (Å²) >= 11 is 1.60. The molecule has 56 valence electrons. The van der Waals surface area contributed by atoms with E-state index < -0.39 is 0 Å². The van der Waals surface area contributed by atoms with Crippen molar-refractivity contribution in [3.05, 3.63) is 24.7 Å². The van der Waals surface area contributed by atoms with Gasteiger partial charge in [0.2, 0.25) is 0 Å². The van der Waals surface area contributed by atoms with Gasteiger partial charge in [-0.15, -0.1) is 0 Å². The summed E-state index contributed by atoms with van der Waals surface area (Å²) in [6.07, 6.45) is 5.55. The molecule has 2 aromatic heterocycles. The molecule has 3 nitrogen and oxygen atoms in total. The fourth-order valence-corrected chi connectivity index (χ4v) is 1.42. The highest BCUT2D eigenvalue weighted by Crippen LogP contribution is 2.12. The molecular formula is C7H7N3S. The van der Waals surface area contributed by atoms with Gasteiger partial charge in [-0.05, 0) is 24.1 Å². The van der Waals surface area contributed by atoms with Crippen LogP contribution in [0.1, 0.15) is 0 Å². The van der Waals surface area contributed by atoms with E-state index >= 15 is 0 Å². The first kappa shape index (κ1) is 6.67. The molecule has 0 spiro atoms. The van der Waals surface area contributed by atoms with Gasteiger partial charge in [-0.3, -0.25) is 3.97 Å². The van der Waals surface area contributed by atoms with E-state index in [1.807, 2.05) is 22.4 Å². The molecule has 0 amide bonds. The summed E-state index contributed by atoms with van der Waals surface area (Å²) in [5, 5.41) is 0. The molecule has 2 aromatic rings. The third-order valence-corrected chi connectivity index (χ3v) is 2.13. The molecule has 0 aromatic carbocycles. The number of imidazole rings is 1. The fourth-order valence-electron chi connectivity index (χ4n) is 0.962. The summed E-state index contributed by atoms with van der Waals surface area (Å²) in [7, 11) is 0. The van der Waals surface area contributed by atoms with Crippen LogP contribution < -0.4 is 0 Å². The zero-order chi connectivity index (χ0) is 7.68.